The molecule has 1 aliphatic rings. The summed E-state index contributed by atoms with van der Waals surface area (Å²) in [4.78, 5) is 28.5. The van der Waals surface area contributed by atoms with Crippen LogP contribution in [0, 0.1) is 18.7 Å². The molecule has 1 saturated carbocycles. The van der Waals surface area contributed by atoms with Gasteiger partial charge in [0, 0.05) is 12.5 Å². The zero-order valence-corrected chi connectivity index (χ0v) is 16.3. The van der Waals surface area contributed by atoms with Gasteiger partial charge in [0.25, 0.3) is 5.91 Å². The van der Waals surface area contributed by atoms with E-state index < -0.39 is 5.82 Å². The van der Waals surface area contributed by atoms with Crippen LogP contribution >= 0.6 is 11.6 Å². The van der Waals surface area contributed by atoms with Crippen LogP contribution in [0.4, 0.5) is 4.39 Å². The molecule has 28 heavy (non-hydrogen) atoms. The highest BCUT2D eigenvalue weighted by Gasteiger charge is 2.26. The normalized spacial score (nSPS) is 19.2. The van der Waals surface area contributed by atoms with E-state index in [9.17, 15) is 19.1 Å². The fraction of sp³-hybridized carbons (Fsp3) is 0.381. The smallest absolute Gasteiger partial charge is 0.255 e. The van der Waals surface area contributed by atoms with Gasteiger partial charge in [-0.3, -0.25) is 9.59 Å². The molecule has 1 fully saturated rings. The van der Waals surface area contributed by atoms with Gasteiger partial charge in [0.1, 0.15) is 16.7 Å². The van der Waals surface area contributed by atoms with Crippen LogP contribution in [0.2, 0.25) is 5.15 Å². The Morgan fingerprint density at radius 1 is 1.21 bits per heavy atom. The predicted octanol–water partition coefficient (Wildman–Crippen LogP) is 4.45. The molecule has 3 rings (SSSR count). The summed E-state index contributed by atoms with van der Waals surface area (Å²) in [5, 5.41) is 12.9. The van der Waals surface area contributed by atoms with Crippen LogP contribution in [0.15, 0.2) is 30.5 Å². The van der Waals surface area contributed by atoms with E-state index in [4.69, 9.17) is 11.6 Å². The van der Waals surface area contributed by atoms with Crippen LogP contribution in [0.1, 0.15) is 58.4 Å². The number of phenols is 1. The highest BCUT2D eigenvalue weighted by atomic mass is 35.5. The van der Waals surface area contributed by atoms with E-state index in [1.165, 1.54) is 0 Å². The maximum atomic E-state index is 13.3. The van der Waals surface area contributed by atoms with E-state index in [0.717, 1.165) is 43.5 Å². The fourth-order valence-electron chi connectivity index (χ4n) is 3.60. The number of carbonyl (C=O) groups is 2. The average molecular weight is 405 g/mol. The Morgan fingerprint density at radius 2 is 1.93 bits per heavy atom. The molecule has 1 aromatic heterocycles. The first-order chi connectivity index (χ1) is 13.3. The number of nitrogens with one attached hydrogen (secondary N) is 1. The Morgan fingerprint density at radius 3 is 2.61 bits per heavy atom. The van der Waals surface area contributed by atoms with Crippen molar-refractivity contribution in [1.29, 1.82) is 0 Å². The Labute approximate surface area is 167 Å². The molecule has 7 heteroatoms. The third kappa shape index (κ3) is 4.87. The average Bonchev–Trinajstić information content (AvgIpc) is 2.65. The maximum Gasteiger partial charge on any atom is 0.255 e. The lowest BCUT2D eigenvalue weighted by Gasteiger charge is -2.29. The molecule has 0 spiro atoms. The summed E-state index contributed by atoms with van der Waals surface area (Å²) in [5.41, 5.74) is 1.26. The first kappa shape index (κ1) is 20.3. The van der Waals surface area contributed by atoms with Gasteiger partial charge in [-0.15, -0.1) is 0 Å². The number of aromatic nitrogens is 1. The van der Waals surface area contributed by atoms with E-state index in [1.54, 1.807) is 18.2 Å². The molecule has 1 aliphatic carbocycles. The van der Waals surface area contributed by atoms with Gasteiger partial charge >= 0.3 is 0 Å². The number of aryl methyl sites for hydroxylation is 1. The second-order valence-electron chi connectivity index (χ2n) is 7.33. The van der Waals surface area contributed by atoms with Crippen LogP contribution < -0.4 is 5.32 Å². The largest absolute Gasteiger partial charge is 0.507 e. The Bertz CT molecular complexity index is 895. The van der Waals surface area contributed by atoms with Gasteiger partial charge in [-0.1, -0.05) is 17.7 Å². The summed E-state index contributed by atoms with van der Waals surface area (Å²) in [6.07, 6.45) is 4.30. The van der Waals surface area contributed by atoms with E-state index in [2.05, 4.69) is 10.3 Å². The number of ketones is 1. The summed E-state index contributed by atoms with van der Waals surface area (Å²) in [5.74, 6) is -0.965. The number of phenolic OH excluding ortho intramolecular Hbond substituents is 1. The number of hydrogen-bond acceptors (Lipinski definition) is 4. The molecule has 0 unspecified atom stereocenters. The van der Waals surface area contributed by atoms with Crippen molar-refractivity contribution < 1.29 is 19.1 Å². The zero-order chi connectivity index (χ0) is 20.3. The lowest BCUT2D eigenvalue weighted by molar-refractivity contribution is 0.0895. The van der Waals surface area contributed by atoms with Crippen LogP contribution in [-0.2, 0) is 0 Å². The van der Waals surface area contributed by atoms with Gasteiger partial charge in [-0.25, -0.2) is 9.37 Å². The van der Waals surface area contributed by atoms with Crippen LogP contribution in [-0.4, -0.2) is 27.8 Å². The lowest BCUT2D eigenvalue weighted by atomic mass is 9.82. The molecule has 1 aromatic carbocycles. The Kier molecular flexibility index (Phi) is 6.29. The number of amides is 1. The SMILES string of the molecule is Cc1ccc(C(=O)N[C@H]2CC[C@@H](CC(=O)c3cc(F)cnc3Cl)CC2)c(O)c1. The summed E-state index contributed by atoms with van der Waals surface area (Å²) in [6, 6.07) is 6.07. The van der Waals surface area contributed by atoms with E-state index in [1.807, 2.05) is 6.92 Å². The van der Waals surface area contributed by atoms with Crippen LogP contribution in [0.5, 0.6) is 5.75 Å². The molecule has 0 saturated heterocycles. The summed E-state index contributed by atoms with van der Waals surface area (Å²) < 4.78 is 13.3. The number of halogens is 2. The summed E-state index contributed by atoms with van der Waals surface area (Å²) in [7, 11) is 0. The molecule has 5 nitrogen and oxygen atoms in total. The highest BCUT2D eigenvalue weighted by molar-refractivity contribution is 6.32. The molecule has 0 atom stereocenters. The van der Waals surface area contributed by atoms with Gasteiger partial charge in [0.15, 0.2) is 5.78 Å². The second kappa shape index (κ2) is 8.69. The van der Waals surface area contributed by atoms with Crippen molar-refractivity contribution in [3.63, 3.8) is 0 Å². The Balaban J connectivity index is 1.52. The molecule has 1 heterocycles. The zero-order valence-electron chi connectivity index (χ0n) is 15.5. The maximum absolute atomic E-state index is 13.3. The monoisotopic (exact) mass is 404 g/mol. The first-order valence-corrected chi connectivity index (χ1v) is 9.66. The number of nitrogens with zero attached hydrogens (tertiary/aromatic N) is 1. The molecular weight excluding hydrogens is 383 g/mol. The van der Waals surface area contributed by atoms with Crippen molar-refractivity contribution in [2.75, 3.05) is 0 Å². The van der Waals surface area contributed by atoms with Crippen molar-refractivity contribution in [2.24, 2.45) is 5.92 Å². The number of carbonyl (C=O) groups excluding carboxylic acids is 2. The number of aromatic hydroxyl groups is 1. The number of pyridine rings is 1. The summed E-state index contributed by atoms with van der Waals surface area (Å²) >= 11 is 5.90. The quantitative estimate of drug-likeness (QED) is 0.570. The van der Waals surface area contributed by atoms with E-state index >= 15 is 0 Å². The van der Waals surface area contributed by atoms with E-state index in [-0.39, 0.29) is 52.1 Å². The third-order valence-electron chi connectivity index (χ3n) is 5.16. The number of rotatable bonds is 5. The van der Waals surface area contributed by atoms with Crippen molar-refractivity contribution in [3.05, 3.63) is 58.1 Å². The van der Waals surface area contributed by atoms with Gasteiger partial charge in [-0.05, 0) is 62.3 Å². The number of benzene rings is 1. The van der Waals surface area contributed by atoms with Gasteiger partial charge in [0.2, 0.25) is 0 Å². The fourth-order valence-corrected chi connectivity index (χ4v) is 3.81. The second-order valence-corrected chi connectivity index (χ2v) is 7.69. The molecule has 2 aromatic rings. The standard InChI is InChI=1S/C21H22ClFN2O3/c1-12-2-7-16(18(26)8-12)21(28)25-15-5-3-13(4-6-15)9-19(27)17-10-14(23)11-24-20(17)22/h2,7-8,10-11,13,15,26H,3-6,9H2,1H3,(H,25,28)/t13-,15+. The minimum absolute atomic E-state index is 0.000945. The molecule has 0 aliphatic heterocycles. The Hall–Kier alpha value is -2.47. The van der Waals surface area contributed by atoms with Gasteiger partial charge in [0.05, 0.1) is 17.3 Å². The van der Waals surface area contributed by atoms with Crippen LogP contribution in [0.3, 0.4) is 0 Å². The molecule has 1 amide bonds. The lowest BCUT2D eigenvalue weighted by Crippen LogP contribution is -2.37. The minimum Gasteiger partial charge on any atom is -0.507 e. The first-order valence-electron chi connectivity index (χ1n) is 9.28. The topological polar surface area (TPSA) is 79.3 Å². The molecule has 148 valence electrons. The van der Waals surface area contributed by atoms with Crippen molar-refractivity contribution in [1.82, 2.24) is 10.3 Å². The van der Waals surface area contributed by atoms with Crippen LogP contribution in [0.25, 0.3) is 0 Å². The molecule has 2 N–H and O–H groups in total. The third-order valence-corrected chi connectivity index (χ3v) is 5.46. The number of hydrogen-bond donors (Lipinski definition) is 2. The van der Waals surface area contributed by atoms with Gasteiger partial charge < -0.3 is 10.4 Å². The van der Waals surface area contributed by atoms with Crippen molar-refractivity contribution >= 4 is 23.3 Å². The minimum atomic E-state index is -0.585. The highest BCUT2D eigenvalue weighted by Crippen LogP contribution is 2.29. The van der Waals surface area contributed by atoms with E-state index in [0.29, 0.717) is 0 Å². The van der Waals surface area contributed by atoms with Gasteiger partial charge in [-0.2, -0.15) is 0 Å². The molecule has 0 bridgehead atoms. The summed E-state index contributed by atoms with van der Waals surface area (Å²) in [6.45, 7) is 1.84. The van der Waals surface area contributed by atoms with Crippen molar-refractivity contribution in [3.8, 4) is 5.75 Å². The van der Waals surface area contributed by atoms with Crippen molar-refractivity contribution in [2.45, 2.75) is 45.1 Å². The molecule has 0 radical (unpaired) electrons. The molecular formula is C21H22ClFN2O3. The number of Topliss-reactive ketones (excluding diaryl/α,β-unsaturated/α-hetero) is 1. The predicted molar refractivity (Wildman–Crippen MR) is 104 cm³/mol.